The maximum Gasteiger partial charge on any atom is 0.296 e. The van der Waals surface area contributed by atoms with Crippen molar-refractivity contribution in [3.8, 4) is 0 Å². The summed E-state index contributed by atoms with van der Waals surface area (Å²) in [5.41, 5.74) is 5.34. The smallest absolute Gasteiger partial charge is 0.296 e. The summed E-state index contributed by atoms with van der Waals surface area (Å²) in [5.74, 6) is -2.66. The van der Waals surface area contributed by atoms with Gasteiger partial charge < -0.3 is 10.5 Å². The quantitative estimate of drug-likeness (QED) is 0.751. The number of halogens is 2. The minimum absolute atomic E-state index is 0.183. The Morgan fingerprint density at radius 3 is 2.60 bits per heavy atom. The highest BCUT2D eigenvalue weighted by atomic mass is 19.2. The van der Waals surface area contributed by atoms with Crippen molar-refractivity contribution in [3.63, 3.8) is 0 Å². The van der Waals surface area contributed by atoms with Gasteiger partial charge in [-0.2, -0.15) is 4.99 Å². The van der Waals surface area contributed by atoms with E-state index in [9.17, 15) is 13.6 Å². The van der Waals surface area contributed by atoms with Crippen molar-refractivity contribution in [1.29, 1.82) is 0 Å². The average molecular weight is 212 g/mol. The van der Waals surface area contributed by atoms with Crippen LogP contribution in [0.2, 0.25) is 0 Å². The Hall–Kier alpha value is -1.98. The number of rotatable bonds is 1. The van der Waals surface area contributed by atoms with Gasteiger partial charge in [0.1, 0.15) is 0 Å². The number of hydrogen-bond acceptors (Lipinski definition) is 3. The molecule has 1 aliphatic heterocycles. The lowest BCUT2D eigenvalue weighted by Crippen LogP contribution is -2.14. The molecule has 1 aromatic carbocycles. The molecule has 15 heavy (non-hydrogen) atoms. The summed E-state index contributed by atoms with van der Waals surface area (Å²) in [5, 5.41) is 0. The third-order valence-electron chi connectivity index (χ3n) is 1.93. The lowest BCUT2D eigenvalue weighted by atomic mass is 10.1. The highest BCUT2D eigenvalue weighted by Gasteiger charge is 2.29. The Bertz CT molecular complexity index is 459. The third-order valence-corrected chi connectivity index (χ3v) is 1.93. The third kappa shape index (κ3) is 1.65. The molecule has 0 aromatic heterocycles. The number of benzene rings is 1. The molecule has 0 spiro atoms. The number of carbonyl (C=O) groups excluding carboxylic acids is 1. The summed E-state index contributed by atoms with van der Waals surface area (Å²) in [7, 11) is 0. The zero-order chi connectivity index (χ0) is 11.0. The maximum absolute atomic E-state index is 12.8. The molecule has 78 valence electrons. The minimum atomic E-state index is -1.07. The maximum atomic E-state index is 12.8. The van der Waals surface area contributed by atoms with Crippen molar-refractivity contribution in [2.75, 3.05) is 0 Å². The predicted molar refractivity (Wildman–Crippen MR) is 46.8 cm³/mol. The van der Waals surface area contributed by atoms with Gasteiger partial charge in [-0.15, -0.1) is 0 Å². The fourth-order valence-electron chi connectivity index (χ4n) is 1.25. The fraction of sp³-hybridized carbons (Fsp3) is 0.111. The Morgan fingerprint density at radius 1 is 1.33 bits per heavy atom. The highest BCUT2D eigenvalue weighted by Crippen LogP contribution is 2.24. The van der Waals surface area contributed by atoms with Gasteiger partial charge in [0.15, 0.2) is 11.6 Å². The number of nitrogens with zero attached hydrogens (tertiary/aromatic N) is 1. The molecule has 2 N–H and O–H groups in total. The van der Waals surface area contributed by atoms with Crippen molar-refractivity contribution in [1.82, 2.24) is 0 Å². The summed E-state index contributed by atoms with van der Waals surface area (Å²) in [4.78, 5) is 14.5. The Morgan fingerprint density at radius 2 is 2.07 bits per heavy atom. The zero-order valence-electron chi connectivity index (χ0n) is 7.41. The first-order valence-electron chi connectivity index (χ1n) is 4.07. The molecule has 0 saturated carbocycles. The number of amides is 1. The van der Waals surface area contributed by atoms with Crippen LogP contribution in [-0.4, -0.2) is 11.9 Å². The van der Waals surface area contributed by atoms with Gasteiger partial charge in [-0.05, 0) is 12.1 Å². The van der Waals surface area contributed by atoms with E-state index < -0.39 is 23.6 Å². The molecule has 1 aliphatic rings. The second-order valence-corrected chi connectivity index (χ2v) is 2.96. The van der Waals surface area contributed by atoms with Gasteiger partial charge in [0.2, 0.25) is 6.10 Å². The van der Waals surface area contributed by atoms with E-state index >= 15 is 0 Å². The largest absolute Gasteiger partial charge is 0.447 e. The normalized spacial score (nSPS) is 20.0. The zero-order valence-corrected chi connectivity index (χ0v) is 7.41. The van der Waals surface area contributed by atoms with Gasteiger partial charge in [-0.3, -0.25) is 4.79 Å². The number of ether oxygens (including phenoxy) is 1. The SMILES string of the molecule is NC1=NC(=O)C(c2ccc(F)c(F)c2)O1. The van der Waals surface area contributed by atoms with Crippen LogP contribution in [0.3, 0.4) is 0 Å². The predicted octanol–water partition coefficient (Wildman–Crippen LogP) is 0.877. The van der Waals surface area contributed by atoms with Crippen molar-refractivity contribution in [2.45, 2.75) is 6.10 Å². The lowest BCUT2D eigenvalue weighted by molar-refractivity contribution is -0.122. The Labute approximate surface area is 83.4 Å². The Kier molecular flexibility index (Phi) is 2.11. The molecule has 6 heteroatoms. The van der Waals surface area contributed by atoms with Gasteiger partial charge >= 0.3 is 0 Å². The van der Waals surface area contributed by atoms with E-state index in [4.69, 9.17) is 10.5 Å². The van der Waals surface area contributed by atoms with Crippen LogP contribution in [0.15, 0.2) is 23.2 Å². The van der Waals surface area contributed by atoms with E-state index in [1.807, 2.05) is 0 Å². The van der Waals surface area contributed by atoms with E-state index in [-0.39, 0.29) is 11.6 Å². The van der Waals surface area contributed by atoms with Crippen LogP contribution in [0, 0.1) is 11.6 Å². The van der Waals surface area contributed by atoms with Crippen molar-refractivity contribution >= 4 is 11.9 Å². The van der Waals surface area contributed by atoms with E-state index in [0.717, 1.165) is 12.1 Å². The molecule has 4 nitrogen and oxygen atoms in total. The summed E-state index contributed by atoms with van der Waals surface area (Å²) in [6, 6.07) is 2.77. The molecule has 1 atom stereocenters. The second kappa shape index (κ2) is 3.30. The van der Waals surface area contributed by atoms with Crippen LogP contribution in [0.4, 0.5) is 8.78 Å². The van der Waals surface area contributed by atoms with E-state index in [1.165, 1.54) is 6.07 Å². The molecule has 0 saturated heterocycles. The molecule has 0 bridgehead atoms. The fourth-order valence-corrected chi connectivity index (χ4v) is 1.25. The molecule has 0 fully saturated rings. The van der Waals surface area contributed by atoms with Gasteiger partial charge in [0, 0.05) is 5.56 Å². The van der Waals surface area contributed by atoms with Crippen LogP contribution in [0.5, 0.6) is 0 Å². The first-order valence-corrected chi connectivity index (χ1v) is 4.07. The number of nitrogens with two attached hydrogens (primary N) is 1. The van der Waals surface area contributed by atoms with Crippen molar-refractivity contribution in [2.24, 2.45) is 10.7 Å². The standard InChI is InChI=1S/C9H6F2N2O2/c10-5-2-1-4(3-6(5)11)7-8(14)13-9(12)15-7/h1-3,7H,(H2,12,13,14). The summed E-state index contributed by atoms with van der Waals surface area (Å²) >= 11 is 0. The number of carbonyl (C=O) groups is 1. The molecule has 0 radical (unpaired) electrons. The molecule has 1 amide bonds. The van der Waals surface area contributed by atoms with Gasteiger partial charge in [0.05, 0.1) is 0 Å². The van der Waals surface area contributed by atoms with Crippen LogP contribution in [-0.2, 0) is 9.53 Å². The first-order chi connectivity index (χ1) is 7.08. The summed E-state index contributed by atoms with van der Waals surface area (Å²) in [6.45, 7) is 0. The molecule has 1 aromatic rings. The summed E-state index contributed by atoms with van der Waals surface area (Å²) < 4.78 is 30.3. The second-order valence-electron chi connectivity index (χ2n) is 2.96. The van der Waals surface area contributed by atoms with Crippen LogP contribution < -0.4 is 5.73 Å². The Balaban J connectivity index is 2.32. The van der Waals surface area contributed by atoms with Gasteiger partial charge in [-0.1, -0.05) is 6.07 Å². The van der Waals surface area contributed by atoms with Gasteiger partial charge in [0.25, 0.3) is 11.9 Å². The van der Waals surface area contributed by atoms with Crippen molar-refractivity contribution in [3.05, 3.63) is 35.4 Å². The lowest BCUT2D eigenvalue weighted by Gasteiger charge is -2.08. The molecular weight excluding hydrogens is 206 g/mol. The minimum Gasteiger partial charge on any atom is -0.447 e. The molecule has 1 unspecified atom stereocenters. The number of amidine groups is 1. The van der Waals surface area contributed by atoms with Crippen LogP contribution >= 0.6 is 0 Å². The topological polar surface area (TPSA) is 64.7 Å². The molecule has 0 aliphatic carbocycles. The molecule has 2 rings (SSSR count). The average Bonchev–Trinajstić information content (AvgIpc) is 2.50. The van der Waals surface area contributed by atoms with Crippen LogP contribution in [0.1, 0.15) is 11.7 Å². The number of hydrogen-bond donors (Lipinski definition) is 1. The van der Waals surface area contributed by atoms with E-state index in [0.29, 0.717) is 0 Å². The van der Waals surface area contributed by atoms with Crippen LogP contribution in [0.25, 0.3) is 0 Å². The van der Waals surface area contributed by atoms with E-state index in [2.05, 4.69) is 4.99 Å². The van der Waals surface area contributed by atoms with Gasteiger partial charge in [-0.25, -0.2) is 8.78 Å². The first kappa shape index (κ1) is 9.57. The summed E-state index contributed by atoms with van der Waals surface area (Å²) in [6.07, 6.45) is -1.07. The monoisotopic (exact) mass is 212 g/mol. The number of aliphatic imine (C=N–C) groups is 1. The molecule has 1 heterocycles. The molecular formula is C9H6F2N2O2. The van der Waals surface area contributed by atoms with Crippen molar-refractivity contribution < 1.29 is 18.3 Å². The van der Waals surface area contributed by atoms with E-state index in [1.54, 1.807) is 0 Å². The highest BCUT2D eigenvalue weighted by molar-refractivity contribution is 5.98.